The molecule has 19 heavy (non-hydrogen) atoms. The van der Waals surface area contributed by atoms with Gasteiger partial charge in [0.15, 0.2) is 0 Å². The highest BCUT2D eigenvalue weighted by molar-refractivity contribution is 7.98. The Morgan fingerprint density at radius 1 is 1.53 bits per heavy atom. The zero-order chi connectivity index (χ0) is 14.4. The smallest absolute Gasteiger partial charge is 0.247 e. The summed E-state index contributed by atoms with van der Waals surface area (Å²) in [5, 5.41) is 9.63. The molecule has 0 aliphatic carbocycles. The summed E-state index contributed by atoms with van der Waals surface area (Å²) in [6, 6.07) is -0.510. The third-order valence-corrected chi connectivity index (χ3v) is 3.22. The fourth-order valence-electron chi connectivity index (χ4n) is 1.69. The Labute approximate surface area is 117 Å². The van der Waals surface area contributed by atoms with E-state index in [9.17, 15) is 9.59 Å². The van der Waals surface area contributed by atoms with Gasteiger partial charge in [0.05, 0.1) is 11.4 Å². The maximum absolute atomic E-state index is 12.1. The van der Waals surface area contributed by atoms with E-state index in [0.29, 0.717) is 12.1 Å². The van der Waals surface area contributed by atoms with Crippen molar-refractivity contribution in [2.24, 2.45) is 7.05 Å². The van der Waals surface area contributed by atoms with Gasteiger partial charge in [-0.25, -0.2) is 0 Å². The van der Waals surface area contributed by atoms with Crippen LogP contribution in [0.5, 0.6) is 0 Å². The molecule has 0 fully saturated rings. The maximum Gasteiger partial charge on any atom is 0.247 e. The van der Waals surface area contributed by atoms with Gasteiger partial charge in [0, 0.05) is 20.2 Å². The van der Waals surface area contributed by atoms with Crippen molar-refractivity contribution in [3.63, 3.8) is 0 Å². The van der Waals surface area contributed by atoms with Crippen LogP contribution >= 0.6 is 11.8 Å². The highest BCUT2D eigenvalue weighted by Crippen LogP contribution is 2.12. The average Bonchev–Trinajstić information content (AvgIpc) is 2.62. The largest absolute Gasteiger partial charge is 0.345 e. The second-order valence-corrected chi connectivity index (χ2v) is 5.31. The highest BCUT2D eigenvalue weighted by atomic mass is 32.2. The van der Waals surface area contributed by atoms with E-state index >= 15 is 0 Å². The van der Waals surface area contributed by atoms with Gasteiger partial charge in [-0.3, -0.25) is 14.3 Å². The minimum atomic E-state index is -0.510. The Balaban J connectivity index is 2.70. The molecule has 0 saturated heterocycles. The maximum atomic E-state index is 12.1. The predicted molar refractivity (Wildman–Crippen MR) is 77.2 cm³/mol. The lowest BCUT2D eigenvalue weighted by atomic mass is 10.2. The van der Waals surface area contributed by atoms with Crippen LogP contribution in [0.1, 0.15) is 19.0 Å². The molecule has 0 aromatic carbocycles. The number of hydrogen-bond donors (Lipinski definition) is 2. The molecule has 1 rings (SSSR count). The topological polar surface area (TPSA) is 76.0 Å². The van der Waals surface area contributed by atoms with Crippen LogP contribution in [-0.4, -0.2) is 39.6 Å². The molecular weight excluding hydrogens is 264 g/mol. The first kappa shape index (κ1) is 15.6. The van der Waals surface area contributed by atoms with Gasteiger partial charge >= 0.3 is 0 Å². The van der Waals surface area contributed by atoms with Crippen molar-refractivity contribution in [3.05, 3.63) is 11.9 Å². The van der Waals surface area contributed by atoms with E-state index in [1.54, 1.807) is 29.7 Å². The molecule has 0 aliphatic rings. The second kappa shape index (κ2) is 7.18. The molecule has 106 valence electrons. The summed E-state index contributed by atoms with van der Waals surface area (Å²) in [6.07, 6.45) is 4.31. The Bertz CT molecular complexity index is 459. The molecule has 0 aliphatic heterocycles. The predicted octanol–water partition coefficient (Wildman–Crippen LogP) is 0.925. The van der Waals surface area contributed by atoms with Crippen molar-refractivity contribution in [3.8, 4) is 0 Å². The third-order valence-electron chi connectivity index (χ3n) is 2.58. The molecule has 2 amide bonds. The molecular formula is C12H20N4O2S. The molecule has 0 radical (unpaired) electrons. The first-order valence-electron chi connectivity index (χ1n) is 6.01. The van der Waals surface area contributed by atoms with Gasteiger partial charge in [0.25, 0.3) is 0 Å². The number of carbonyl (C=O) groups excluding carboxylic acids is 2. The van der Waals surface area contributed by atoms with Crippen LogP contribution in [0, 0.1) is 6.92 Å². The van der Waals surface area contributed by atoms with Crippen molar-refractivity contribution < 1.29 is 9.59 Å². The fraction of sp³-hybridized carbons (Fsp3) is 0.583. The lowest BCUT2D eigenvalue weighted by Crippen LogP contribution is -2.43. The van der Waals surface area contributed by atoms with Crippen LogP contribution in [0.15, 0.2) is 6.20 Å². The molecule has 1 atom stereocenters. The summed E-state index contributed by atoms with van der Waals surface area (Å²) in [4.78, 5) is 23.3. The number of thioether (sulfide) groups is 1. The number of aryl methyl sites for hydroxylation is 2. The van der Waals surface area contributed by atoms with Crippen LogP contribution in [0.4, 0.5) is 5.69 Å². The third kappa shape index (κ3) is 4.94. The fourth-order valence-corrected chi connectivity index (χ4v) is 2.16. The van der Waals surface area contributed by atoms with Gasteiger partial charge in [-0.1, -0.05) is 0 Å². The average molecular weight is 284 g/mol. The number of anilines is 1. The molecule has 1 aromatic heterocycles. The summed E-state index contributed by atoms with van der Waals surface area (Å²) in [6.45, 7) is 3.24. The van der Waals surface area contributed by atoms with Crippen molar-refractivity contribution >= 4 is 29.3 Å². The zero-order valence-corrected chi connectivity index (χ0v) is 12.5. The van der Waals surface area contributed by atoms with Crippen LogP contribution < -0.4 is 10.6 Å². The minimum absolute atomic E-state index is 0.204. The Kier molecular flexibility index (Phi) is 5.88. The van der Waals surface area contributed by atoms with Gasteiger partial charge in [-0.05, 0) is 25.4 Å². The highest BCUT2D eigenvalue weighted by Gasteiger charge is 2.20. The summed E-state index contributed by atoms with van der Waals surface area (Å²) in [7, 11) is 1.79. The van der Waals surface area contributed by atoms with Crippen LogP contribution in [0.3, 0.4) is 0 Å². The number of nitrogens with one attached hydrogen (secondary N) is 2. The quantitative estimate of drug-likeness (QED) is 0.814. The van der Waals surface area contributed by atoms with E-state index in [1.807, 2.05) is 13.2 Å². The lowest BCUT2D eigenvalue weighted by molar-refractivity contribution is -0.125. The summed E-state index contributed by atoms with van der Waals surface area (Å²) < 4.78 is 1.64. The van der Waals surface area contributed by atoms with E-state index in [0.717, 1.165) is 11.4 Å². The molecule has 2 N–H and O–H groups in total. The van der Waals surface area contributed by atoms with Crippen molar-refractivity contribution in [1.29, 1.82) is 0 Å². The van der Waals surface area contributed by atoms with Crippen LogP contribution in [-0.2, 0) is 16.6 Å². The summed E-state index contributed by atoms with van der Waals surface area (Å²) in [5.74, 6) is 0.397. The SMILES string of the molecule is CSCC[C@H](NC(C)=O)C(=O)Nc1cn(C)nc1C. The van der Waals surface area contributed by atoms with E-state index in [2.05, 4.69) is 15.7 Å². The Morgan fingerprint density at radius 2 is 2.21 bits per heavy atom. The second-order valence-electron chi connectivity index (χ2n) is 4.33. The monoisotopic (exact) mass is 284 g/mol. The molecule has 0 bridgehead atoms. The lowest BCUT2D eigenvalue weighted by Gasteiger charge is -2.16. The van der Waals surface area contributed by atoms with Gasteiger partial charge in [-0.2, -0.15) is 16.9 Å². The summed E-state index contributed by atoms with van der Waals surface area (Å²) >= 11 is 1.64. The summed E-state index contributed by atoms with van der Waals surface area (Å²) in [5.41, 5.74) is 1.43. The van der Waals surface area contributed by atoms with Crippen LogP contribution in [0.2, 0.25) is 0 Å². The first-order valence-corrected chi connectivity index (χ1v) is 7.40. The number of nitrogens with zero attached hydrogens (tertiary/aromatic N) is 2. The minimum Gasteiger partial charge on any atom is -0.345 e. The van der Waals surface area contributed by atoms with E-state index < -0.39 is 6.04 Å². The van der Waals surface area contributed by atoms with E-state index in [-0.39, 0.29) is 11.8 Å². The number of rotatable bonds is 6. The molecule has 0 saturated carbocycles. The standard InChI is InChI=1S/C12H20N4O2S/c1-8-11(7-16(3)15-8)14-12(18)10(5-6-19-4)13-9(2)17/h7,10H,5-6H2,1-4H3,(H,13,17)(H,14,18)/t10-/m0/s1. The van der Waals surface area contributed by atoms with Crippen molar-refractivity contribution in [1.82, 2.24) is 15.1 Å². The Hall–Kier alpha value is -1.50. The van der Waals surface area contributed by atoms with Crippen molar-refractivity contribution in [2.45, 2.75) is 26.3 Å². The number of amides is 2. The molecule has 1 aromatic rings. The molecule has 0 unspecified atom stereocenters. The van der Waals surface area contributed by atoms with E-state index in [4.69, 9.17) is 0 Å². The van der Waals surface area contributed by atoms with Gasteiger partial charge < -0.3 is 10.6 Å². The number of hydrogen-bond acceptors (Lipinski definition) is 4. The zero-order valence-electron chi connectivity index (χ0n) is 11.7. The van der Waals surface area contributed by atoms with Gasteiger partial charge in [-0.15, -0.1) is 0 Å². The van der Waals surface area contributed by atoms with Crippen LogP contribution in [0.25, 0.3) is 0 Å². The van der Waals surface area contributed by atoms with E-state index in [1.165, 1.54) is 6.92 Å². The number of carbonyl (C=O) groups is 2. The molecule has 7 heteroatoms. The van der Waals surface area contributed by atoms with Gasteiger partial charge in [0.1, 0.15) is 6.04 Å². The Morgan fingerprint density at radius 3 is 2.68 bits per heavy atom. The number of aromatic nitrogens is 2. The molecule has 6 nitrogen and oxygen atoms in total. The normalized spacial score (nSPS) is 12.0. The van der Waals surface area contributed by atoms with Gasteiger partial charge in [0.2, 0.25) is 11.8 Å². The molecule has 1 heterocycles. The first-order chi connectivity index (χ1) is 8.93. The molecule has 0 spiro atoms. The van der Waals surface area contributed by atoms with Crippen molar-refractivity contribution in [2.75, 3.05) is 17.3 Å².